The summed E-state index contributed by atoms with van der Waals surface area (Å²) in [6.45, 7) is 7.25. The molecule has 3 amide bonds. The maximum Gasteiger partial charge on any atom is 0.319 e. The molecule has 0 spiro atoms. The first-order valence-electron chi connectivity index (χ1n) is 8.50. The lowest BCUT2D eigenvalue weighted by atomic mass is 10.1. The molecule has 0 radical (unpaired) electrons. The van der Waals surface area contributed by atoms with Crippen molar-refractivity contribution in [2.45, 2.75) is 39.0 Å². The summed E-state index contributed by atoms with van der Waals surface area (Å²) in [4.78, 5) is 26.2. The van der Waals surface area contributed by atoms with E-state index >= 15 is 0 Å². The number of methoxy groups -OCH3 is 1. The van der Waals surface area contributed by atoms with Crippen molar-refractivity contribution in [1.82, 2.24) is 10.2 Å². The van der Waals surface area contributed by atoms with Crippen molar-refractivity contribution in [1.29, 1.82) is 0 Å². The number of anilines is 1. The van der Waals surface area contributed by atoms with Gasteiger partial charge in [-0.2, -0.15) is 0 Å². The normalized spacial score (nSPS) is 20.4. The van der Waals surface area contributed by atoms with Crippen LogP contribution in [0.15, 0.2) is 24.3 Å². The van der Waals surface area contributed by atoms with Crippen molar-refractivity contribution in [3.63, 3.8) is 0 Å². The first-order valence-corrected chi connectivity index (χ1v) is 8.50. The minimum absolute atomic E-state index is 0.0291. The molecule has 1 saturated heterocycles. The molecular formula is C18H27N3O4. The van der Waals surface area contributed by atoms with Crippen LogP contribution in [0.3, 0.4) is 0 Å². The number of amides is 3. The second-order valence-corrected chi connectivity index (χ2v) is 6.56. The molecule has 2 atom stereocenters. The van der Waals surface area contributed by atoms with Gasteiger partial charge in [-0.25, -0.2) is 4.79 Å². The lowest BCUT2D eigenvalue weighted by molar-refractivity contribution is -0.0918. The number of carbonyl (C=O) groups excluding carboxylic acids is 2. The molecule has 1 fully saturated rings. The number of benzene rings is 1. The molecule has 25 heavy (non-hydrogen) atoms. The lowest BCUT2D eigenvalue weighted by Gasteiger charge is -2.36. The van der Waals surface area contributed by atoms with Gasteiger partial charge < -0.3 is 25.0 Å². The van der Waals surface area contributed by atoms with Gasteiger partial charge >= 0.3 is 6.03 Å². The third-order valence-electron chi connectivity index (χ3n) is 3.78. The fourth-order valence-electron chi connectivity index (χ4n) is 2.80. The summed E-state index contributed by atoms with van der Waals surface area (Å²) >= 11 is 0. The Morgan fingerprint density at radius 3 is 2.56 bits per heavy atom. The van der Waals surface area contributed by atoms with Crippen LogP contribution in [0.5, 0.6) is 0 Å². The van der Waals surface area contributed by atoms with Gasteiger partial charge in [0.15, 0.2) is 0 Å². The highest BCUT2D eigenvalue weighted by atomic mass is 16.5. The van der Waals surface area contributed by atoms with E-state index in [0.29, 0.717) is 30.9 Å². The van der Waals surface area contributed by atoms with Crippen LogP contribution in [-0.4, -0.2) is 61.9 Å². The highest BCUT2D eigenvalue weighted by Gasteiger charge is 2.28. The van der Waals surface area contributed by atoms with Crippen LogP contribution in [0.2, 0.25) is 0 Å². The molecule has 7 nitrogen and oxygen atoms in total. The molecule has 1 heterocycles. The van der Waals surface area contributed by atoms with Gasteiger partial charge in [-0.15, -0.1) is 0 Å². The molecule has 0 aliphatic carbocycles. The number of ether oxygens (including phenoxy) is 2. The third kappa shape index (κ3) is 5.72. The van der Waals surface area contributed by atoms with Gasteiger partial charge in [0, 0.05) is 37.5 Å². The van der Waals surface area contributed by atoms with E-state index in [-0.39, 0.29) is 30.2 Å². The summed E-state index contributed by atoms with van der Waals surface area (Å²) in [6.07, 6.45) is -0.142. The Labute approximate surface area is 148 Å². The summed E-state index contributed by atoms with van der Waals surface area (Å²) in [5.74, 6) is -0.0468. The molecule has 0 saturated carbocycles. The number of urea groups is 1. The van der Waals surface area contributed by atoms with Gasteiger partial charge in [0.25, 0.3) is 5.91 Å². The van der Waals surface area contributed by atoms with Gasteiger partial charge in [-0.05, 0) is 45.0 Å². The first kappa shape index (κ1) is 19.2. The summed E-state index contributed by atoms with van der Waals surface area (Å²) in [5, 5.41) is 5.49. The number of morpholine rings is 1. The smallest absolute Gasteiger partial charge is 0.319 e. The predicted molar refractivity (Wildman–Crippen MR) is 95.8 cm³/mol. The Morgan fingerprint density at radius 2 is 1.96 bits per heavy atom. The molecule has 7 heteroatoms. The lowest BCUT2D eigenvalue weighted by Crippen LogP contribution is -2.50. The molecular weight excluding hydrogens is 322 g/mol. The average molecular weight is 349 g/mol. The van der Waals surface area contributed by atoms with Gasteiger partial charge in [0.05, 0.1) is 18.8 Å². The second kappa shape index (κ2) is 8.82. The largest absolute Gasteiger partial charge is 0.382 e. The van der Waals surface area contributed by atoms with Gasteiger partial charge in [0.2, 0.25) is 0 Å². The number of hydrogen-bond acceptors (Lipinski definition) is 4. The Balaban J connectivity index is 1.98. The Bertz CT molecular complexity index is 588. The van der Waals surface area contributed by atoms with Crippen molar-refractivity contribution in [2.24, 2.45) is 0 Å². The van der Waals surface area contributed by atoms with E-state index in [2.05, 4.69) is 10.6 Å². The minimum Gasteiger partial charge on any atom is -0.382 e. The van der Waals surface area contributed by atoms with E-state index < -0.39 is 0 Å². The Morgan fingerprint density at radius 1 is 1.28 bits per heavy atom. The molecule has 2 rings (SSSR count). The van der Waals surface area contributed by atoms with E-state index in [1.165, 1.54) is 0 Å². The van der Waals surface area contributed by atoms with E-state index in [1.807, 2.05) is 20.8 Å². The van der Waals surface area contributed by atoms with E-state index in [9.17, 15) is 9.59 Å². The topological polar surface area (TPSA) is 79.9 Å². The number of carbonyl (C=O) groups is 2. The highest BCUT2D eigenvalue weighted by Crippen LogP contribution is 2.16. The number of hydrogen-bond donors (Lipinski definition) is 2. The van der Waals surface area contributed by atoms with Crippen LogP contribution in [0.1, 0.15) is 31.1 Å². The van der Waals surface area contributed by atoms with Crippen LogP contribution < -0.4 is 10.6 Å². The average Bonchev–Trinajstić information content (AvgIpc) is 2.54. The molecule has 2 unspecified atom stereocenters. The molecule has 1 aromatic carbocycles. The quantitative estimate of drug-likeness (QED) is 0.853. The molecule has 1 aromatic rings. The van der Waals surface area contributed by atoms with Gasteiger partial charge in [0.1, 0.15) is 0 Å². The Kier molecular flexibility index (Phi) is 6.78. The fraction of sp³-hybridized carbons (Fsp3) is 0.556. The molecule has 1 aliphatic rings. The van der Waals surface area contributed by atoms with Crippen molar-refractivity contribution in [3.8, 4) is 0 Å². The molecule has 0 bridgehead atoms. The van der Waals surface area contributed by atoms with Crippen LogP contribution >= 0.6 is 0 Å². The molecule has 0 aromatic heterocycles. The monoisotopic (exact) mass is 349 g/mol. The Hall–Kier alpha value is -2.12. The van der Waals surface area contributed by atoms with Crippen LogP contribution in [0.25, 0.3) is 0 Å². The molecule has 1 aliphatic heterocycles. The maximum absolute atomic E-state index is 12.7. The van der Waals surface area contributed by atoms with Gasteiger partial charge in [-0.3, -0.25) is 4.79 Å². The van der Waals surface area contributed by atoms with E-state index in [4.69, 9.17) is 9.47 Å². The summed E-state index contributed by atoms with van der Waals surface area (Å²) in [7, 11) is 1.62. The third-order valence-corrected chi connectivity index (χ3v) is 3.78. The van der Waals surface area contributed by atoms with Gasteiger partial charge in [-0.1, -0.05) is 0 Å². The summed E-state index contributed by atoms with van der Waals surface area (Å²) < 4.78 is 10.9. The van der Waals surface area contributed by atoms with Crippen molar-refractivity contribution in [2.75, 3.05) is 32.1 Å². The van der Waals surface area contributed by atoms with Crippen LogP contribution in [-0.2, 0) is 9.47 Å². The van der Waals surface area contributed by atoms with Crippen molar-refractivity contribution < 1.29 is 19.1 Å². The minimum atomic E-state index is -0.265. The SMILES string of the molecule is COCC1CN(C(=O)c2ccc(NC(=O)NC(C)C)cc2)CC(C)O1. The molecule has 2 N–H and O–H groups in total. The highest BCUT2D eigenvalue weighted by molar-refractivity contribution is 5.95. The standard InChI is InChI=1S/C18H27N3O4/c1-12(2)19-18(23)20-15-7-5-14(6-8-15)17(22)21-9-13(3)25-16(10-21)11-24-4/h5-8,12-13,16H,9-11H2,1-4H3,(H2,19,20,23). The number of nitrogens with one attached hydrogen (secondary N) is 2. The second-order valence-electron chi connectivity index (χ2n) is 6.56. The number of nitrogens with zero attached hydrogens (tertiary/aromatic N) is 1. The van der Waals surface area contributed by atoms with Crippen LogP contribution in [0.4, 0.5) is 10.5 Å². The van der Waals surface area contributed by atoms with Crippen molar-refractivity contribution in [3.05, 3.63) is 29.8 Å². The van der Waals surface area contributed by atoms with E-state index in [1.54, 1.807) is 36.3 Å². The van der Waals surface area contributed by atoms with E-state index in [0.717, 1.165) is 0 Å². The zero-order chi connectivity index (χ0) is 18.4. The maximum atomic E-state index is 12.7. The fourth-order valence-corrected chi connectivity index (χ4v) is 2.80. The summed E-state index contributed by atoms with van der Waals surface area (Å²) in [5.41, 5.74) is 1.22. The summed E-state index contributed by atoms with van der Waals surface area (Å²) in [6, 6.07) is 6.69. The zero-order valence-electron chi connectivity index (χ0n) is 15.2. The van der Waals surface area contributed by atoms with Crippen molar-refractivity contribution >= 4 is 17.6 Å². The predicted octanol–water partition coefficient (Wildman–Crippen LogP) is 2.09. The van der Waals surface area contributed by atoms with Crippen LogP contribution in [0, 0.1) is 0 Å². The zero-order valence-corrected chi connectivity index (χ0v) is 15.2. The first-order chi connectivity index (χ1) is 11.9. The number of rotatable bonds is 5. The molecule has 138 valence electrons.